The normalized spacial score (nSPS) is 12.1. The molecule has 0 bridgehead atoms. The summed E-state index contributed by atoms with van der Waals surface area (Å²) in [5, 5.41) is 15.4. The van der Waals surface area contributed by atoms with E-state index in [-0.39, 0.29) is 18.2 Å². The van der Waals surface area contributed by atoms with Crippen LogP contribution in [0.15, 0.2) is 0 Å². The number of nitrogens with one attached hydrogen (secondary N) is 1. The van der Waals surface area contributed by atoms with E-state index < -0.39 is 5.97 Å². The van der Waals surface area contributed by atoms with Crippen LogP contribution in [0.2, 0.25) is 0 Å². The molecule has 0 saturated carbocycles. The van der Waals surface area contributed by atoms with Gasteiger partial charge in [0.1, 0.15) is 4.88 Å². The molecular weight excluding hydrogens is 278 g/mol. The highest BCUT2D eigenvalue weighted by Gasteiger charge is 2.15. The van der Waals surface area contributed by atoms with Crippen molar-refractivity contribution in [2.24, 2.45) is 5.92 Å². The molecule has 0 saturated heterocycles. The minimum absolute atomic E-state index is 0.131. The lowest BCUT2D eigenvalue weighted by atomic mass is 10.0. The number of hydrogen-bond donors (Lipinski definition) is 2. The van der Waals surface area contributed by atoms with E-state index in [1.165, 1.54) is 0 Å². The molecule has 112 valence electrons. The van der Waals surface area contributed by atoms with Crippen molar-refractivity contribution in [3.05, 3.63) is 10.6 Å². The first-order valence-electron chi connectivity index (χ1n) is 6.85. The number of nitrogens with zero attached hydrogens (tertiary/aromatic N) is 2. The minimum atomic E-state index is -0.777. The minimum Gasteiger partial charge on any atom is -0.481 e. The van der Waals surface area contributed by atoms with Gasteiger partial charge in [0, 0.05) is 13.0 Å². The molecule has 0 spiro atoms. The van der Waals surface area contributed by atoms with Gasteiger partial charge in [0.15, 0.2) is 0 Å². The molecule has 0 aliphatic carbocycles. The summed E-state index contributed by atoms with van der Waals surface area (Å²) in [7, 11) is 0. The van der Waals surface area contributed by atoms with E-state index in [1.807, 2.05) is 13.8 Å². The lowest BCUT2D eigenvalue weighted by Crippen LogP contribution is -2.25. The molecule has 0 fully saturated rings. The highest BCUT2D eigenvalue weighted by molar-refractivity contribution is 7.08. The zero-order chi connectivity index (χ0) is 15.0. The summed E-state index contributed by atoms with van der Waals surface area (Å²) in [5.41, 5.74) is 0.758. The van der Waals surface area contributed by atoms with Gasteiger partial charge in [-0.15, -0.1) is 5.10 Å². The third-order valence-electron chi connectivity index (χ3n) is 3.02. The van der Waals surface area contributed by atoms with Crippen LogP contribution in [0, 0.1) is 5.92 Å². The molecule has 6 nitrogen and oxygen atoms in total. The summed E-state index contributed by atoms with van der Waals surface area (Å²) in [5.74, 6) is -0.629. The van der Waals surface area contributed by atoms with Crippen LogP contribution < -0.4 is 5.32 Å². The number of rotatable bonds is 9. The second-order valence-corrected chi connectivity index (χ2v) is 5.64. The number of carbonyl (C=O) groups excluding carboxylic acids is 1. The first kappa shape index (κ1) is 16.6. The number of carbonyl (C=O) groups is 2. The average molecular weight is 299 g/mol. The van der Waals surface area contributed by atoms with Crippen molar-refractivity contribution < 1.29 is 14.7 Å². The van der Waals surface area contributed by atoms with Crippen molar-refractivity contribution in [3.8, 4) is 0 Å². The van der Waals surface area contributed by atoms with E-state index in [0.717, 1.165) is 36.5 Å². The van der Waals surface area contributed by atoms with Crippen LogP contribution in [-0.4, -0.2) is 33.1 Å². The molecule has 0 radical (unpaired) electrons. The molecule has 0 aromatic carbocycles. The van der Waals surface area contributed by atoms with Crippen LogP contribution in [0.5, 0.6) is 0 Å². The fourth-order valence-corrected chi connectivity index (χ4v) is 2.43. The number of amides is 1. The Morgan fingerprint density at radius 1 is 1.40 bits per heavy atom. The van der Waals surface area contributed by atoms with Crippen molar-refractivity contribution in [2.75, 3.05) is 6.54 Å². The third-order valence-corrected chi connectivity index (χ3v) is 3.79. The summed E-state index contributed by atoms with van der Waals surface area (Å²) >= 11 is 1.12. The molecule has 1 aromatic rings. The van der Waals surface area contributed by atoms with Gasteiger partial charge in [0.05, 0.1) is 5.69 Å². The first-order chi connectivity index (χ1) is 9.54. The fourth-order valence-electron chi connectivity index (χ4n) is 1.81. The lowest BCUT2D eigenvalue weighted by Gasteiger charge is -2.10. The second kappa shape index (κ2) is 8.63. The van der Waals surface area contributed by atoms with Crippen LogP contribution in [0.25, 0.3) is 0 Å². The summed E-state index contributed by atoms with van der Waals surface area (Å²) in [6.45, 7) is 4.57. The van der Waals surface area contributed by atoms with Gasteiger partial charge in [0.2, 0.25) is 0 Å². The SMILES string of the molecule is CCCc1nnsc1C(=O)NCCC(C)CCC(=O)O. The molecule has 2 N–H and O–H groups in total. The molecule has 1 unspecified atom stereocenters. The molecule has 20 heavy (non-hydrogen) atoms. The van der Waals surface area contributed by atoms with Crippen molar-refractivity contribution in [1.82, 2.24) is 14.9 Å². The third kappa shape index (κ3) is 5.64. The Bertz CT molecular complexity index is 448. The van der Waals surface area contributed by atoms with Gasteiger partial charge in [-0.05, 0) is 36.7 Å². The zero-order valence-electron chi connectivity index (χ0n) is 11.9. The van der Waals surface area contributed by atoms with Crippen LogP contribution in [0.3, 0.4) is 0 Å². The second-order valence-electron chi connectivity index (χ2n) is 4.88. The number of aryl methyl sites for hydroxylation is 1. The van der Waals surface area contributed by atoms with Crippen LogP contribution in [0.1, 0.15) is 54.9 Å². The zero-order valence-corrected chi connectivity index (χ0v) is 12.7. The summed E-state index contributed by atoms with van der Waals surface area (Å²) in [4.78, 5) is 23.0. The van der Waals surface area contributed by atoms with Crippen molar-refractivity contribution in [1.29, 1.82) is 0 Å². The average Bonchev–Trinajstić information content (AvgIpc) is 2.85. The Morgan fingerprint density at radius 2 is 2.15 bits per heavy atom. The summed E-state index contributed by atoms with van der Waals surface area (Å²) in [6, 6.07) is 0. The van der Waals surface area contributed by atoms with Gasteiger partial charge >= 0.3 is 5.97 Å². The number of aromatic nitrogens is 2. The molecule has 1 amide bonds. The van der Waals surface area contributed by atoms with Crippen molar-refractivity contribution >= 4 is 23.4 Å². The Morgan fingerprint density at radius 3 is 2.80 bits per heavy atom. The van der Waals surface area contributed by atoms with Crippen LogP contribution >= 0.6 is 11.5 Å². The molecule has 1 aromatic heterocycles. The van der Waals surface area contributed by atoms with E-state index >= 15 is 0 Å². The number of carboxylic acids is 1. The predicted molar refractivity (Wildman–Crippen MR) is 76.9 cm³/mol. The Hall–Kier alpha value is -1.50. The highest BCUT2D eigenvalue weighted by Crippen LogP contribution is 2.13. The Labute approximate surface area is 122 Å². The van der Waals surface area contributed by atoms with Crippen LogP contribution in [-0.2, 0) is 11.2 Å². The predicted octanol–water partition coefficient (Wildman–Crippen LogP) is 2.11. The van der Waals surface area contributed by atoms with E-state index in [9.17, 15) is 9.59 Å². The quantitative estimate of drug-likeness (QED) is 0.728. The molecule has 7 heteroatoms. The van der Waals surface area contributed by atoms with E-state index in [2.05, 4.69) is 14.9 Å². The maximum atomic E-state index is 12.0. The standard InChI is InChI=1S/C13H21N3O3S/c1-3-4-10-12(20-16-15-10)13(19)14-8-7-9(2)5-6-11(17)18/h9H,3-8H2,1-2H3,(H,14,19)(H,17,18). The lowest BCUT2D eigenvalue weighted by molar-refractivity contribution is -0.137. The van der Waals surface area contributed by atoms with Gasteiger partial charge in [0.25, 0.3) is 5.91 Å². The summed E-state index contributed by atoms with van der Waals surface area (Å²) in [6.07, 6.45) is 3.27. The number of hydrogen-bond acceptors (Lipinski definition) is 5. The number of aliphatic carboxylic acids is 1. The molecular formula is C13H21N3O3S. The van der Waals surface area contributed by atoms with Gasteiger partial charge in [-0.25, -0.2) is 0 Å². The Balaban J connectivity index is 2.32. The maximum absolute atomic E-state index is 12.0. The first-order valence-corrected chi connectivity index (χ1v) is 7.63. The fraction of sp³-hybridized carbons (Fsp3) is 0.692. The van der Waals surface area contributed by atoms with Gasteiger partial charge in [-0.1, -0.05) is 24.8 Å². The monoisotopic (exact) mass is 299 g/mol. The van der Waals surface area contributed by atoms with Gasteiger partial charge in [-0.2, -0.15) is 0 Å². The highest BCUT2D eigenvalue weighted by atomic mass is 32.1. The largest absolute Gasteiger partial charge is 0.481 e. The molecule has 1 rings (SSSR count). The molecule has 0 aliphatic rings. The Kier molecular flexibility index (Phi) is 7.14. The van der Waals surface area contributed by atoms with E-state index in [1.54, 1.807) is 0 Å². The van der Waals surface area contributed by atoms with Crippen molar-refractivity contribution in [2.45, 2.75) is 46.0 Å². The summed E-state index contributed by atoms with van der Waals surface area (Å²) < 4.78 is 3.82. The van der Waals surface area contributed by atoms with Gasteiger partial charge < -0.3 is 10.4 Å². The van der Waals surface area contributed by atoms with Crippen LogP contribution in [0.4, 0.5) is 0 Å². The molecule has 0 aliphatic heterocycles. The topological polar surface area (TPSA) is 92.2 Å². The van der Waals surface area contributed by atoms with Gasteiger partial charge in [-0.3, -0.25) is 9.59 Å². The van der Waals surface area contributed by atoms with Crippen molar-refractivity contribution in [3.63, 3.8) is 0 Å². The van der Waals surface area contributed by atoms with E-state index in [0.29, 0.717) is 17.8 Å². The molecule has 1 heterocycles. The van der Waals surface area contributed by atoms with E-state index in [4.69, 9.17) is 5.11 Å². The molecule has 1 atom stereocenters. The maximum Gasteiger partial charge on any atom is 0.303 e. The smallest absolute Gasteiger partial charge is 0.303 e. The number of carboxylic acid groups (broad SMARTS) is 1.